The van der Waals surface area contributed by atoms with Crippen LogP contribution >= 0.6 is 0 Å². The maximum absolute atomic E-state index is 10.7. The molecule has 0 aromatic carbocycles. The summed E-state index contributed by atoms with van der Waals surface area (Å²) in [7, 11) is -4.15. The van der Waals surface area contributed by atoms with Crippen LogP contribution in [0.1, 0.15) is 46.0 Å². The Hall–Kier alpha value is 1.51. The second kappa shape index (κ2) is 9.53. The summed E-state index contributed by atoms with van der Waals surface area (Å²) in [5, 5.41) is 8.43. The molecule has 0 aliphatic heterocycles. The Morgan fingerprint density at radius 3 is 2.07 bits per heavy atom. The zero-order valence-corrected chi connectivity index (χ0v) is 13.7. The molecule has 0 spiro atoms. The van der Waals surface area contributed by atoms with Gasteiger partial charge in [0.05, 0.1) is 16.2 Å². The molecule has 86 valence electrons. The van der Waals surface area contributed by atoms with Crippen molar-refractivity contribution in [3.05, 3.63) is 0 Å². The van der Waals surface area contributed by atoms with E-state index in [2.05, 4.69) is 0 Å². The molecule has 6 heteroatoms. The molecule has 0 fully saturated rings. The molecule has 0 aliphatic rings. The van der Waals surface area contributed by atoms with Gasteiger partial charge in [-0.15, -0.1) is 0 Å². The van der Waals surface area contributed by atoms with Gasteiger partial charge in [-0.05, 0) is 32.1 Å². The average Bonchev–Trinajstić information content (AvgIpc) is 2.09. The molecule has 0 heterocycles. The fourth-order valence-electron chi connectivity index (χ4n) is 1.34. The van der Waals surface area contributed by atoms with Gasteiger partial charge in [0.15, 0.2) is 0 Å². The third kappa shape index (κ3) is 9.23. The Bertz CT molecular complexity index is 240. The minimum atomic E-state index is -4.15. The van der Waals surface area contributed by atoms with E-state index in [4.69, 9.17) is 0 Å². The van der Waals surface area contributed by atoms with Crippen LogP contribution in [0.15, 0.2) is 0 Å². The first-order valence-corrected chi connectivity index (χ1v) is 6.51. The van der Waals surface area contributed by atoms with Gasteiger partial charge in [0, 0.05) is 5.25 Å². The molecular formula is C9H19KO4S. The van der Waals surface area contributed by atoms with Gasteiger partial charge in [-0.2, -0.15) is 0 Å². The predicted molar refractivity (Wildman–Crippen MR) is 53.9 cm³/mol. The van der Waals surface area contributed by atoms with Gasteiger partial charge >= 0.3 is 51.4 Å². The monoisotopic (exact) mass is 262 g/mol. The fraction of sp³-hybridized carbons (Fsp3) is 1.00. The van der Waals surface area contributed by atoms with Gasteiger partial charge in [0.25, 0.3) is 0 Å². The third-order valence-electron chi connectivity index (χ3n) is 2.40. The maximum Gasteiger partial charge on any atom is 1.00 e. The van der Waals surface area contributed by atoms with Gasteiger partial charge in [-0.25, -0.2) is 8.42 Å². The van der Waals surface area contributed by atoms with E-state index in [-0.39, 0.29) is 57.5 Å². The minimum Gasteiger partial charge on any atom is -0.748 e. The van der Waals surface area contributed by atoms with Crippen LogP contribution in [0.25, 0.3) is 0 Å². The van der Waals surface area contributed by atoms with Crippen molar-refractivity contribution in [2.24, 2.45) is 0 Å². The summed E-state index contributed by atoms with van der Waals surface area (Å²) < 4.78 is 32.1. The molecule has 0 amide bonds. The van der Waals surface area contributed by atoms with Crippen molar-refractivity contribution in [3.63, 3.8) is 0 Å². The normalized spacial score (nSPS) is 15.5. The van der Waals surface area contributed by atoms with Crippen LogP contribution < -0.4 is 51.4 Å². The van der Waals surface area contributed by atoms with E-state index in [0.717, 1.165) is 0 Å². The standard InChI is InChI=1S/C9H20O4S.K/c1-3-8(10)6-5-7-9(4-2)14(11,12)13;/h8-10H,3-7H2,1-2H3,(H,11,12,13);/q;+1/p-1. The molecular weight excluding hydrogens is 243 g/mol. The second-order valence-corrected chi connectivity index (χ2v) is 5.17. The molecule has 2 unspecified atom stereocenters. The van der Waals surface area contributed by atoms with Crippen molar-refractivity contribution in [1.82, 2.24) is 0 Å². The zero-order valence-electron chi connectivity index (χ0n) is 9.77. The van der Waals surface area contributed by atoms with Crippen molar-refractivity contribution in [1.29, 1.82) is 0 Å². The van der Waals surface area contributed by atoms with Crippen molar-refractivity contribution < 1.29 is 69.5 Å². The van der Waals surface area contributed by atoms with E-state index in [1.165, 1.54) is 0 Å². The Morgan fingerprint density at radius 2 is 1.73 bits per heavy atom. The van der Waals surface area contributed by atoms with Crippen molar-refractivity contribution in [2.75, 3.05) is 0 Å². The Balaban J connectivity index is 0. The Morgan fingerprint density at radius 1 is 1.20 bits per heavy atom. The number of rotatable bonds is 7. The van der Waals surface area contributed by atoms with Gasteiger partial charge in [0.1, 0.15) is 0 Å². The summed E-state index contributed by atoms with van der Waals surface area (Å²) in [4.78, 5) is 0. The molecule has 0 aromatic heterocycles. The van der Waals surface area contributed by atoms with Crippen LogP contribution in [0.2, 0.25) is 0 Å². The summed E-state index contributed by atoms with van der Waals surface area (Å²) >= 11 is 0. The summed E-state index contributed by atoms with van der Waals surface area (Å²) in [5.41, 5.74) is 0. The average molecular weight is 262 g/mol. The molecule has 2 atom stereocenters. The topological polar surface area (TPSA) is 77.4 Å². The van der Waals surface area contributed by atoms with E-state index in [1.807, 2.05) is 6.92 Å². The zero-order chi connectivity index (χ0) is 11.2. The smallest absolute Gasteiger partial charge is 0.748 e. The van der Waals surface area contributed by atoms with E-state index in [1.54, 1.807) is 6.92 Å². The molecule has 0 aliphatic carbocycles. The van der Waals surface area contributed by atoms with E-state index in [0.29, 0.717) is 32.1 Å². The number of aliphatic hydroxyl groups excluding tert-OH is 1. The third-order valence-corrected chi connectivity index (χ3v) is 3.78. The SMILES string of the molecule is CCC(O)CCCC(CC)S(=O)(=O)[O-].[K+]. The van der Waals surface area contributed by atoms with Gasteiger partial charge < -0.3 is 9.66 Å². The van der Waals surface area contributed by atoms with Gasteiger partial charge in [-0.3, -0.25) is 0 Å². The predicted octanol–water partition coefficient (Wildman–Crippen LogP) is -1.74. The first-order valence-electron chi connectivity index (χ1n) is 5.04. The molecule has 4 nitrogen and oxygen atoms in total. The molecule has 15 heavy (non-hydrogen) atoms. The summed E-state index contributed by atoms with van der Waals surface area (Å²) in [6.45, 7) is 3.56. The van der Waals surface area contributed by atoms with E-state index >= 15 is 0 Å². The molecule has 0 saturated heterocycles. The minimum absolute atomic E-state index is 0. The van der Waals surface area contributed by atoms with Crippen LogP contribution in [0.4, 0.5) is 0 Å². The quantitative estimate of drug-likeness (QED) is 0.436. The fourth-order valence-corrected chi connectivity index (χ4v) is 2.20. The van der Waals surface area contributed by atoms with Crippen LogP contribution in [0.5, 0.6) is 0 Å². The van der Waals surface area contributed by atoms with Crippen molar-refractivity contribution in [3.8, 4) is 0 Å². The first-order chi connectivity index (χ1) is 6.41. The van der Waals surface area contributed by atoms with Crippen molar-refractivity contribution in [2.45, 2.75) is 57.3 Å². The Labute approximate surface area is 135 Å². The molecule has 0 rings (SSSR count). The second-order valence-electron chi connectivity index (χ2n) is 3.52. The van der Waals surface area contributed by atoms with Crippen LogP contribution in [0, 0.1) is 0 Å². The number of hydrogen-bond donors (Lipinski definition) is 1. The molecule has 1 N–H and O–H groups in total. The van der Waals surface area contributed by atoms with Crippen LogP contribution in [-0.2, 0) is 10.1 Å². The summed E-state index contributed by atoms with van der Waals surface area (Å²) in [6.07, 6.45) is 2.17. The number of hydrogen-bond acceptors (Lipinski definition) is 4. The van der Waals surface area contributed by atoms with Crippen LogP contribution in [0.3, 0.4) is 0 Å². The summed E-state index contributed by atoms with van der Waals surface area (Å²) in [6, 6.07) is 0. The molecule has 0 bridgehead atoms. The van der Waals surface area contributed by atoms with Gasteiger partial charge in [0.2, 0.25) is 0 Å². The summed E-state index contributed by atoms with van der Waals surface area (Å²) in [5.74, 6) is 0. The van der Waals surface area contributed by atoms with E-state index < -0.39 is 15.4 Å². The van der Waals surface area contributed by atoms with Gasteiger partial charge in [-0.1, -0.05) is 13.8 Å². The molecule has 0 saturated carbocycles. The van der Waals surface area contributed by atoms with Crippen LogP contribution in [-0.4, -0.2) is 29.4 Å². The van der Waals surface area contributed by atoms with E-state index in [9.17, 15) is 18.1 Å². The Kier molecular flexibility index (Phi) is 12.0. The largest absolute Gasteiger partial charge is 1.00 e. The van der Waals surface area contributed by atoms with Crippen molar-refractivity contribution >= 4 is 10.1 Å². The molecule has 0 radical (unpaired) electrons. The molecule has 0 aromatic rings. The first kappa shape index (κ1) is 18.9. The maximum atomic E-state index is 10.7. The number of aliphatic hydroxyl groups is 1.